The Morgan fingerprint density at radius 2 is 1.46 bits per heavy atom. The van der Waals surface area contributed by atoms with Gasteiger partial charge in [-0.15, -0.1) is 0 Å². The molecular formula is C23H19F2NOS. The van der Waals surface area contributed by atoms with Gasteiger partial charge in [-0.1, -0.05) is 53.6 Å². The van der Waals surface area contributed by atoms with E-state index in [1.807, 2.05) is 24.4 Å². The number of fused-ring (bicyclic) bond motifs is 1. The van der Waals surface area contributed by atoms with Crippen LogP contribution in [0.15, 0.2) is 72.9 Å². The molecule has 5 heteroatoms. The van der Waals surface area contributed by atoms with Crippen LogP contribution in [-0.2, 0) is 16.9 Å². The summed E-state index contributed by atoms with van der Waals surface area (Å²) in [5.74, 6) is -0.312. The molecule has 0 radical (unpaired) electrons. The van der Waals surface area contributed by atoms with E-state index in [9.17, 15) is 13.3 Å². The van der Waals surface area contributed by atoms with Crippen molar-refractivity contribution in [3.05, 3.63) is 107 Å². The van der Waals surface area contributed by atoms with Crippen molar-refractivity contribution in [3.63, 3.8) is 0 Å². The summed E-state index contributed by atoms with van der Waals surface area (Å²) in [7, 11) is 0. The predicted molar refractivity (Wildman–Crippen MR) is 110 cm³/mol. The summed E-state index contributed by atoms with van der Waals surface area (Å²) in [5, 5.41) is 1.02. The lowest BCUT2D eigenvalue weighted by Gasteiger charge is -2.18. The molecule has 0 spiro atoms. The van der Waals surface area contributed by atoms with Crippen LogP contribution in [0.1, 0.15) is 28.2 Å². The van der Waals surface area contributed by atoms with Crippen molar-refractivity contribution >= 4 is 22.1 Å². The highest BCUT2D eigenvalue weighted by Gasteiger charge is 2.21. The largest absolute Gasteiger partial charge is 0.616 e. The molecule has 28 heavy (non-hydrogen) atoms. The lowest BCUT2D eigenvalue weighted by molar-refractivity contribution is 0.600. The number of para-hydroxylation sites is 1. The topological polar surface area (TPSA) is 38.8 Å². The van der Waals surface area contributed by atoms with Crippen LogP contribution in [0.3, 0.4) is 0 Å². The lowest BCUT2D eigenvalue weighted by atomic mass is 9.85. The van der Waals surface area contributed by atoms with Crippen LogP contribution in [-0.4, -0.2) is 15.8 Å². The van der Waals surface area contributed by atoms with E-state index < -0.39 is 11.2 Å². The Kier molecular flexibility index (Phi) is 5.20. The van der Waals surface area contributed by atoms with Crippen molar-refractivity contribution in [2.24, 2.45) is 0 Å². The fraction of sp³-hybridized carbons (Fsp3) is 0.130. The van der Waals surface area contributed by atoms with E-state index in [-0.39, 0.29) is 17.6 Å². The molecule has 0 aliphatic heterocycles. The summed E-state index contributed by atoms with van der Waals surface area (Å²) in [6.07, 6.45) is 3.62. The molecule has 2 nitrogen and oxygen atoms in total. The summed E-state index contributed by atoms with van der Waals surface area (Å²) in [5.41, 5.74) is 4.78. The molecule has 0 fully saturated rings. The Morgan fingerprint density at radius 1 is 0.893 bits per heavy atom. The van der Waals surface area contributed by atoms with Crippen molar-refractivity contribution in [2.75, 3.05) is 6.26 Å². The van der Waals surface area contributed by atoms with Crippen molar-refractivity contribution in [1.82, 2.24) is 4.98 Å². The zero-order valence-corrected chi connectivity index (χ0v) is 16.1. The molecule has 0 saturated heterocycles. The summed E-state index contributed by atoms with van der Waals surface area (Å²) in [6.45, 7) is 0. The fourth-order valence-corrected chi connectivity index (χ4v) is 4.36. The summed E-state index contributed by atoms with van der Waals surface area (Å²) in [6, 6.07) is 18.7. The maximum Gasteiger partial charge on any atom is 0.132 e. The number of hydrogen-bond acceptors (Lipinski definition) is 1. The second-order valence-electron chi connectivity index (χ2n) is 6.84. The number of aromatic amines is 1. The van der Waals surface area contributed by atoms with Crippen LogP contribution >= 0.6 is 0 Å². The van der Waals surface area contributed by atoms with E-state index in [1.54, 1.807) is 30.5 Å². The van der Waals surface area contributed by atoms with Crippen molar-refractivity contribution in [3.8, 4) is 0 Å². The summed E-state index contributed by atoms with van der Waals surface area (Å²) < 4.78 is 38.7. The van der Waals surface area contributed by atoms with Gasteiger partial charge < -0.3 is 9.54 Å². The molecule has 3 aromatic carbocycles. The van der Waals surface area contributed by atoms with Gasteiger partial charge in [-0.3, -0.25) is 0 Å². The van der Waals surface area contributed by atoms with Gasteiger partial charge >= 0.3 is 0 Å². The van der Waals surface area contributed by atoms with E-state index in [0.717, 1.165) is 33.2 Å². The first-order valence-corrected chi connectivity index (χ1v) is 10.7. The third-order valence-corrected chi connectivity index (χ3v) is 5.63. The van der Waals surface area contributed by atoms with Gasteiger partial charge in [-0.2, -0.15) is 0 Å². The van der Waals surface area contributed by atoms with Crippen LogP contribution in [0, 0.1) is 11.6 Å². The Balaban J connectivity index is 1.89. The first-order chi connectivity index (χ1) is 13.5. The standard InChI is InChI=1S/C23H19F2NOS/c1-28(27)14-17-3-2-4-20-21(13-26-23(17)20)22(15-5-9-18(24)10-6-15)16-7-11-19(25)12-8-16/h2-13,22,26H,14H2,1H3. The average Bonchev–Trinajstić information content (AvgIpc) is 3.10. The quantitative estimate of drug-likeness (QED) is 0.445. The van der Waals surface area contributed by atoms with E-state index in [1.165, 1.54) is 24.3 Å². The minimum Gasteiger partial charge on any atom is -0.616 e. The third-order valence-electron chi connectivity index (χ3n) is 4.91. The SMILES string of the molecule is C[S+]([O-])Cc1cccc2c(C(c3ccc(F)cc3)c3ccc(F)cc3)c[nH]c12. The van der Waals surface area contributed by atoms with Gasteiger partial charge in [-0.05, 0) is 41.0 Å². The monoisotopic (exact) mass is 395 g/mol. The highest BCUT2D eigenvalue weighted by atomic mass is 32.2. The first kappa shape index (κ1) is 18.7. The normalized spacial score (nSPS) is 12.6. The minimum absolute atomic E-state index is 0.183. The Bertz CT molecular complexity index is 1040. The smallest absolute Gasteiger partial charge is 0.132 e. The second kappa shape index (κ2) is 7.78. The van der Waals surface area contributed by atoms with Gasteiger partial charge in [0, 0.05) is 23.1 Å². The summed E-state index contributed by atoms with van der Waals surface area (Å²) in [4.78, 5) is 3.32. The number of aromatic nitrogens is 1. The molecule has 1 N–H and O–H groups in total. The molecule has 1 heterocycles. The Hall–Kier alpha value is -2.63. The van der Waals surface area contributed by atoms with Crippen molar-refractivity contribution in [1.29, 1.82) is 0 Å². The molecular weight excluding hydrogens is 376 g/mol. The Labute approximate surface area is 165 Å². The van der Waals surface area contributed by atoms with E-state index in [4.69, 9.17) is 0 Å². The Morgan fingerprint density at radius 3 is 2.00 bits per heavy atom. The van der Waals surface area contributed by atoms with Crippen LogP contribution in [0.5, 0.6) is 0 Å². The molecule has 4 rings (SSSR count). The van der Waals surface area contributed by atoms with Gasteiger partial charge in [0.2, 0.25) is 0 Å². The summed E-state index contributed by atoms with van der Waals surface area (Å²) >= 11 is -0.955. The van der Waals surface area contributed by atoms with Crippen LogP contribution < -0.4 is 0 Å². The van der Waals surface area contributed by atoms with Crippen LogP contribution in [0.4, 0.5) is 8.78 Å². The molecule has 0 aliphatic rings. The maximum atomic E-state index is 13.5. The lowest BCUT2D eigenvalue weighted by Crippen LogP contribution is -2.04. The molecule has 1 aromatic heterocycles. The number of nitrogens with one attached hydrogen (secondary N) is 1. The predicted octanol–water partition coefficient (Wildman–Crippen LogP) is 5.50. The fourth-order valence-electron chi connectivity index (χ4n) is 3.68. The highest BCUT2D eigenvalue weighted by molar-refractivity contribution is 7.89. The molecule has 0 saturated carbocycles. The second-order valence-corrected chi connectivity index (χ2v) is 8.27. The third kappa shape index (κ3) is 3.68. The minimum atomic E-state index is -0.955. The molecule has 0 amide bonds. The first-order valence-electron chi connectivity index (χ1n) is 8.93. The number of rotatable bonds is 5. The molecule has 1 atom stereocenters. The molecule has 0 bridgehead atoms. The number of H-pyrrole nitrogens is 1. The van der Waals surface area contributed by atoms with Gasteiger partial charge in [0.05, 0.1) is 11.8 Å². The highest BCUT2D eigenvalue weighted by Crippen LogP contribution is 2.37. The van der Waals surface area contributed by atoms with Crippen molar-refractivity contribution < 1.29 is 13.3 Å². The van der Waals surface area contributed by atoms with Gasteiger partial charge in [-0.25, -0.2) is 8.78 Å². The zero-order valence-electron chi connectivity index (χ0n) is 15.3. The van der Waals surface area contributed by atoms with Crippen LogP contribution in [0.2, 0.25) is 0 Å². The molecule has 142 valence electrons. The van der Waals surface area contributed by atoms with Gasteiger partial charge in [0.15, 0.2) is 0 Å². The van der Waals surface area contributed by atoms with E-state index in [2.05, 4.69) is 4.98 Å². The van der Waals surface area contributed by atoms with E-state index in [0.29, 0.717) is 5.75 Å². The number of halogens is 2. The number of hydrogen-bond donors (Lipinski definition) is 1. The maximum absolute atomic E-state index is 13.5. The zero-order chi connectivity index (χ0) is 19.7. The van der Waals surface area contributed by atoms with Gasteiger partial charge in [0.1, 0.15) is 17.4 Å². The van der Waals surface area contributed by atoms with Crippen LogP contribution in [0.25, 0.3) is 10.9 Å². The van der Waals surface area contributed by atoms with E-state index >= 15 is 0 Å². The van der Waals surface area contributed by atoms with Gasteiger partial charge in [0.25, 0.3) is 0 Å². The van der Waals surface area contributed by atoms with Crippen molar-refractivity contribution in [2.45, 2.75) is 11.7 Å². The molecule has 4 aromatic rings. The number of benzene rings is 3. The molecule has 0 aliphatic carbocycles. The average molecular weight is 395 g/mol. The molecule has 1 unspecified atom stereocenters.